The van der Waals surface area contributed by atoms with Gasteiger partial charge in [0.15, 0.2) is 0 Å². The second kappa shape index (κ2) is 11.1. The van der Waals surface area contributed by atoms with Crippen molar-refractivity contribution in [3.05, 3.63) is 71.8 Å². The molecule has 2 aromatic carbocycles. The van der Waals surface area contributed by atoms with Crippen LogP contribution in [0.3, 0.4) is 0 Å². The molecule has 4 heteroatoms. The van der Waals surface area contributed by atoms with Crippen LogP contribution in [0.15, 0.2) is 60.7 Å². The Morgan fingerprint density at radius 3 is 2.07 bits per heavy atom. The minimum atomic E-state index is -0.819. The molecule has 0 fully saturated rings. The molecule has 0 amide bonds. The lowest BCUT2D eigenvalue weighted by Crippen LogP contribution is -2.34. The molecule has 2 aromatic rings. The van der Waals surface area contributed by atoms with E-state index in [0.29, 0.717) is 26.2 Å². The predicted molar refractivity (Wildman–Crippen MR) is 111 cm³/mol. The summed E-state index contributed by atoms with van der Waals surface area (Å²) in [6, 6.07) is 19.8. The number of aliphatic hydroxyl groups is 1. The molecular formula is C24H32O4. The minimum absolute atomic E-state index is 0.0264. The van der Waals surface area contributed by atoms with E-state index in [1.165, 1.54) is 0 Å². The third-order valence-corrected chi connectivity index (χ3v) is 5.03. The molecule has 28 heavy (non-hydrogen) atoms. The molecule has 1 N–H and O–H groups in total. The van der Waals surface area contributed by atoms with Crippen molar-refractivity contribution in [2.24, 2.45) is 5.41 Å². The molecule has 2 atom stereocenters. The molecule has 0 aromatic heterocycles. The van der Waals surface area contributed by atoms with Gasteiger partial charge in [-0.3, -0.25) is 4.79 Å². The first-order valence-corrected chi connectivity index (χ1v) is 9.87. The Kier molecular flexibility index (Phi) is 8.84. The van der Waals surface area contributed by atoms with Crippen LogP contribution in [0.1, 0.15) is 44.7 Å². The van der Waals surface area contributed by atoms with Gasteiger partial charge >= 0.3 is 0 Å². The van der Waals surface area contributed by atoms with Gasteiger partial charge in [0.2, 0.25) is 0 Å². The zero-order chi connectivity index (χ0) is 20.4. The second-order valence-electron chi connectivity index (χ2n) is 7.87. The van der Waals surface area contributed by atoms with Gasteiger partial charge < -0.3 is 14.6 Å². The lowest BCUT2D eigenvalue weighted by molar-refractivity contribution is -0.133. The Bertz CT molecular complexity index is 697. The Hall–Kier alpha value is -2.01. The van der Waals surface area contributed by atoms with E-state index >= 15 is 0 Å². The molecule has 0 saturated carbocycles. The fourth-order valence-electron chi connectivity index (χ4n) is 2.78. The third-order valence-electron chi connectivity index (χ3n) is 5.03. The molecule has 0 aliphatic carbocycles. The van der Waals surface area contributed by atoms with E-state index in [2.05, 4.69) is 0 Å². The largest absolute Gasteiger partial charge is 0.390 e. The Balaban J connectivity index is 1.71. The summed E-state index contributed by atoms with van der Waals surface area (Å²) in [5.74, 6) is 0.0264. The van der Waals surface area contributed by atoms with Gasteiger partial charge in [0.25, 0.3) is 0 Å². The maximum absolute atomic E-state index is 12.6. The lowest BCUT2D eigenvalue weighted by Gasteiger charge is -2.26. The van der Waals surface area contributed by atoms with E-state index in [9.17, 15) is 9.90 Å². The molecule has 2 rings (SSSR count). The molecule has 0 aliphatic heterocycles. The molecule has 0 aliphatic rings. The Morgan fingerprint density at radius 1 is 0.964 bits per heavy atom. The highest BCUT2D eigenvalue weighted by Crippen LogP contribution is 2.25. The van der Waals surface area contributed by atoms with Crippen molar-refractivity contribution < 1.29 is 19.4 Å². The maximum atomic E-state index is 12.6. The van der Waals surface area contributed by atoms with E-state index in [4.69, 9.17) is 9.47 Å². The topological polar surface area (TPSA) is 55.8 Å². The average Bonchev–Trinajstić information content (AvgIpc) is 2.71. The third kappa shape index (κ3) is 7.55. The molecule has 0 unspecified atom stereocenters. The van der Waals surface area contributed by atoms with Gasteiger partial charge in [-0.15, -0.1) is 0 Å². The van der Waals surface area contributed by atoms with Gasteiger partial charge in [0.1, 0.15) is 5.78 Å². The summed E-state index contributed by atoms with van der Waals surface area (Å²) in [4.78, 5) is 12.6. The standard InChI is InChI=1S/C24H32O4/c1-19(28-18-21-12-8-5-9-13-21)22(25)16-23(26)24(2,3)14-15-27-17-20-10-6-4-7-11-20/h4-13,19,22,25H,14-18H2,1-3H3/t19-,22-/m0/s1. The molecule has 0 saturated heterocycles. The average molecular weight is 385 g/mol. The van der Waals surface area contributed by atoms with Crippen molar-refractivity contribution >= 4 is 5.78 Å². The maximum Gasteiger partial charge on any atom is 0.141 e. The van der Waals surface area contributed by atoms with E-state index < -0.39 is 17.6 Å². The first-order chi connectivity index (χ1) is 13.4. The molecule has 0 heterocycles. The predicted octanol–water partition coefficient (Wildman–Crippen LogP) is 4.54. The number of rotatable bonds is 12. The zero-order valence-electron chi connectivity index (χ0n) is 17.1. The number of carbonyl (C=O) groups excluding carboxylic acids is 1. The first-order valence-electron chi connectivity index (χ1n) is 9.87. The van der Waals surface area contributed by atoms with Crippen molar-refractivity contribution in [1.29, 1.82) is 0 Å². The summed E-state index contributed by atoms with van der Waals surface area (Å²) in [5, 5.41) is 10.4. The number of carbonyl (C=O) groups is 1. The molecular weight excluding hydrogens is 352 g/mol. The highest BCUT2D eigenvalue weighted by atomic mass is 16.5. The lowest BCUT2D eigenvalue weighted by atomic mass is 9.82. The second-order valence-corrected chi connectivity index (χ2v) is 7.87. The smallest absolute Gasteiger partial charge is 0.141 e. The zero-order valence-corrected chi connectivity index (χ0v) is 17.1. The molecule has 0 bridgehead atoms. The van der Waals surface area contributed by atoms with Gasteiger partial charge in [-0.05, 0) is 24.5 Å². The SMILES string of the molecule is C[C@H](OCc1ccccc1)[C@@H](O)CC(=O)C(C)(C)CCOCc1ccccc1. The summed E-state index contributed by atoms with van der Waals surface area (Å²) in [6.45, 7) is 7.08. The van der Waals surface area contributed by atoms with Crippen LogP contribution >= 0.6 is 0 Å². The minimum Gasteiger partial charge on any atom is -0.390 e. The first kappa shape index (κ1) is 22.3. The van der Waals surface area contributed by atoms with Crippen molar-refractivity contribution in [3.63, 3.8) is 0 Å². The summed E-state index contributed by atoms with van der Waals surface area (Å²) >= 11 is 0. The van der Waals surface area contributed by atoms with Crippen LogP contribution in [0.2, 0.25) is 0 Å². The van der Waals surface area contributed by atoms with Gasteiger partial charge in [0, 0.05) is 18.4 Å². The van der Waals surface area contributed by atoms with E-state index in [0.717, 1.165) is 11.1 Å². The fraction of sp³-hybridized carbons (Fsp3) is 0.458. The van der Waals surface area contributed by atoms with Crippen LogP contribution in [0, 0.1) is 5.41 Å². The van der Waals surface area contributed by atoms with Crippen LogP contribution in [-0.4, -0.2) is 29.7 Å². The van der Waals surface area contributed by atoms with Crippen LogP contribution in [-0.2, 0) is 27.5 Å². The summed E-state index contributed by atoms with van der Waals surface area (Å²) in [7, 11) is 0. The Labute approximate surface area is 168 Å². The fourth-order valence-corrected chi connectivity index (χ4v) is 2.78. The normalized spacial score (nSPS) is 13.9. The number of ether oxygens (including phenoxy) is 2. The van der Waals surface area contributed by atoms with E-state index in [1.807, 2.05) is 74.5 Å². The summed E-state index contributed by atoms with van der Waals surface area (Å²) < 4.78 is 11.4. The molecule has 0 radical (unpaired) electrons. The highest BCUT2D eigenvalue weighted by Gasteiger charge is 2.30. The number of ketones is 1. The number of aliphatic hydroxyl groups excluding tert-OH is 1. The summed E-state index contributed by atoms with van der Waals surface area (Å²) in [6.07, 6.45) is -0.526. The Morgan fingerprint density at radius 2 is 1.50 bits per heavy atom. The van der Waals surface area contributed by atoms with Crippen LogP contribution in [0.25, 0.3) is 0 Å². The molecule has 0 spiro atoms. The van der Waals surface area contributed by atoms with Crippen molar-refractivity contribution in [2.45, 2.75) is 59.0 Å². The number of hydrogen-bond donors (Lipinski definition) is 1. The van der Waals surface area contributed by atoms with Crippen molar-refractivity contribution in [2.75, 3.05) is 6.61 Å². The monoisotopic (exact) mass is 384 g/mol. The quantitative estimate of drug-likeness (QED) is 0.546. The summed E-state index contributed by atoms with van der Waals surface area (Å²) in [5.41, 5.74) is 1.62. The van der Waals surface area contributed by atoms with Gasteiger partial charge in [0.05, 0.1) is 25.4 Å². The van der Waals surface area contributed by atoms with Crippen molar-refractivity contribution in [1.82, 2.24) is 0 Å². The molecule has 152 valence electrons. The van der Waals surface area contributed by atoms with Gasteiger partial charge in [-0.2, -0.15) is 0 Å². The van der Waals surface area contributed by atoms with E-state index in [1.54, 1.807) is 6.92 Å². The van der Waals surface area contributed by atoms with Crippen LogP contribution in [0.5, 0.6) is 0 Å². The van der Waals surface area contributed by atoms with E-state index in [-0.39, 0.29) is 12.2 Å². The number of Topliss-reactive ketones (excluding diaryl/α,β-unsaturated/α-hetero) is 1. The number of hydrogen-bond acceptors (Lipinski definition) is 4. The van der Waals surface area contributed by atoms with Crippen LogP contribution in [0.4, 0.5) is 0 Å². The van der Waals surface area contributed by atoms with Gasteiger partial charge in [-0.1, -0.05) is 74.5 Å². The van der Waals surface area contributed by atoms with Crippen LogP contribution < -0.4 is 0 Å². The highest BCUT2D eigenvalue weighted by molar-refractivity contribution is 5.84. The molecule has 4 nitrogen and oxygen atoms in total. The van der Waals surface area contributed by atoms with Gasteiger partial charge in [-0.25, -0.2) is 0 Å². The number of benzene rings is 2. The van der Waals surface area contributed by atoms with Crippen molar-refractivity contribution in [3.8, 4) is 0 Å².